The molecule has 0 aliphatic carbocycles. The van der Waals surface area contributed by atoms with Gasteiger partial charge in [-0.15, -0.1) is 0 Å². The van der Waals surface area contributed by atoms with E-state index >= 15 is 0 Å². The van der Waals surface area contributed by atoms with Gasteiger partial charge in [0.15, 0.2) is 0 Å². The number of unbranched alkanes of at least 4 members (excludes halogenated alkanes) is 1. The summed E-state index contributed by atoms with van der Waals surface area (Å²) in [6.45, 7) is 2.09. The summed E-state index contributed by atoms with van der Waals surface area (Å²) < 4.78 is 11.0. The highest BCUT2D eigenvalue weighted by molar-refractivity contribution is 5.86. The van der Waals surface area contributed by atoms with Crippen molar-refractivity contribution in [3.05, 3.63) is 71.8 Å². The molecule has 0 aliphatic rings. The van der Waals surface area contributed by atoms with Crippen LogP contribution in [0.5, 0.6) is 5.75 Å². The number of hydrogen-bond donors (Lipinski definition) is 4. The Labute approximate surface area is 181 Å². The number of anilines is 1. The van der Waals surface area contributed by atoms with E-state index in [9.17, 15) is 9.59 Å². The van der Waals surface area contributed by atoms with E-state index in [1.165, 1.54) is 11.6 Å². The van der Waals surface area contributed by atoms with Gasteiger partial charge in [-0.2, -0.15) is 0 Å². The second-order valence-electron chi connectivity index (χ2n) is 6.84. The lowest BCUT2D eigenvalue weighted by Crippen LogP contribution is -2.17. The fourth-order valence-electron chi connectivity index (χ4n) is 2.80. The van der Waals surface area contributed by atoms with Crippen LogP contribution in [0.15, 0.2) is 60.7 Å². The predicted molar refractivity (Wildman–Crippen MR) is 116 cm³/mol. The zero-order valence-electron chi connectivity index (χ0n) is 17.4. The Morgan fingerprint density at radius 2 is 1.81 bits per heavy atom. The SMILES string of the molecule is Cc1ccc(NC(=O)O[C@@H](CCC/C=C/C(=O)NO)c2ccc(OCCO)cc2)cc1. The Morgan fingerprint density at radius 3 is 2.45 bits per heavy atom. The van der Waals surface area contributed by atoms with Crippen LogP contribution in [0.2, 0.25) is 0 Å². The van der Waals surface area contributed by atoms with E-state index in [4.69, 9.17) is 19.8 Å². The van der Waals surface area contributed by atoms with Crippen molar-refractivity contribution in [2.24, 2.45) is 0 Å². The van der Waals surface area contributed by atoms with Crippen LogP contribution in [0, 0.1) is 6.92 Å². The summed E-state index contributed by atoms with van der Waals surface area (Å²) >= 11 is 0. The topological polar surface area (TPSA) is 117 Å². The summed E-state index contributed by atoms with van der Waals surface area (Å²) in [7, 11) is 0. The minimum absolute atomic E-state index is 0.0749. The van der Waals surface area contributed by atoms with E-state index in [1.807, 2.05) is 31.2 Å². The van der Waals surface area contributed by atoms with Crippen LogP contribution in [0.25, 0.3) is 0 Å². The van der Waals surface area contributed by atoms with E-state index < -0.39 is 18.1 Å². The van der Waals surface area contributed by atoms with Gasteiger partial charge in [-0.25, -0.2) is 10.3 Å². The maximum Gasteiger partial charge on any atom is 0.412 e. The summed E-state index contributed by atoms with van der Waals surface area (Å²) in [4.78, 5) is 23.5. The zero-order chi connectivity index (χ0) is 22.5. The number of aliphatic hydroxyl groups is 1. The first kappa shape index (κ1) is 23.9. The van der Waals surface area contributed by atoms with Crippen molar-refractivity contribution in [3.8, 4) is 5.75 Å². The van der Waals surface area contributed by atoms with Crippen molar-refractivity contribution in [2.75, 3.05) is 18.5 Å². The Bertz CT molecular complexity index is 849. The number of allylic oxidation sites excluding steroid dienone is 1. The molecule has 0 unspecified atom stereocenters. The zero-order valence-corrected chi connectivity index (χ0v) is 17.4. The minimum Gasteiger partial charge on any atom is -0.491 e. The van der Waals surface area contributed by atoms with Gasteiger partial charge in [-0.3, -0.25) is 15.3 Å². The van der Waals surface area contributed by atoms with Crippen LogP contribution in [0.1, 0.15) is 36.5 Å². The molecule has 1 atom stereocenters. The maximum absolute atomic E-state index is 12.4. The molecule has 0 aromatic heterocycles. The Hall–Kier alpha value is -3.36. The van der Waals surface area contributed by atoms with Gasteiger partial charge >= 0.3 is 6.09 Å². The summed E-state index contributed by atoms with van der Waals surface area (Å²) in [5.41, 5.74) is 4.06. The second-order valence-corrected chi connectivity index (χ2v) is 6.84. The molecule has 0 saturated heterocycles. The molecule has 0 radical (unpaired) electrons. The van der Waals surface area contributed by atoms with Crippen molar-refractivity contribution in [1.29, 1.82) is 0 Å². The molecule has 2 aromatic rings. The quantitative estimate of drug-likeness (QED) is 0.187. The first-order chi connectivity index (χ1) is 15.0. The van der Waals surface area contributed by atoms with Crippen molar-refractivity contribution in [1.82, 2.24) is 5.48 Å². The fourth-order valence-corrected chi connectivity index (χ4v) is 2.80. The molecule has 0 spiro atoms. The van der Waals surface area contributed by atoms with E-state index in [0.29, 0.717) is 30.7 Å². The molecule has 0 aliphatic heterocycles. The van der Waals surface area contributed by atoms with E-state index in [1.54, 1.807) is 30.3 Å². The lowest BCUT2D eigenvalue weighted by atomic mass is 10.0. The first-order valence-corrected chi connectivity index (χ1v) is 10.0. The average molecular weight is 428 g/mol. The Balaban J connectivity index is 2.01. The average Bonchev–Trinajstić information content (AvgIpc) is 2.78. The summed E-state index contributed by atoms with van der Waals surface area (Å²) in [5.74, 6) is 0.0161. The predicted octanol–water partition coefficient (Wildman–Crippen LogP) is 3.89. The molecule has 8 heteroatoms. The van der Waals surface area contributed by atoms with E-state index in [0.717, 1.165) is 11.1 Å². The van der Waals surface area contributed by atoms with Crippen LogP contribution in [0.3, 0.4) is 0 Å². The van der Waals surface area contributed by atoms with Gasteiger partial charge in [0, 0.05) is 11.8 Å². The second kappa shape index (κ2) is 13.0. The number of carbonyl (C=O) groups excluding carboxylic acids is 2. The van der Waals surface area contributed by atoms with E-state index in [-0.39, 0.29) is 13.2 Å². The summed E-state index contributed by atoms with van der Waals surface area (Å²) in [6.07, 6.45) is 3.57. The monoisotopic (exact) mass is 428 g/mol. The third-order valence-corrected chi connectivity index (χ3v) is 4.38. The molecule has 4 N–H and O–H groups in total. The molecule has 2 aromatic carbocycles. The number of aliphatic hydroxyl groups excluding tert-OH is 1. The largest absolute Gasteiger partial charge is 0.491 e. The summed E-state index contributed by atoms with van der Waals surface area (Å²) in [5, 5.41) is 20.1. The molecule has 2 amide bonds. The van der Waals surface area contributed by atoms with Gasteiger partial charge in [-0.05, 0) is 56.0 Å². The number of aryl methyl sites for hydroxylation is 1. The molecule has 31 heavy (non-hydrogen) atoms. The number of rotatable bonds is 11. The number of hydroxylamine groups is 1. The molecule has 2 rings (SSSR count). The van der Waals surface area contributed by atoms with Crippen molar-refractivity contribution in [2.45, 2.75) is 32.3 Å². The smallest absolute Gasteiger partial charge is 0.412 e. The fraction of sp³-hybridized carbons (Fsp3) is 0.304. The van der Waals surface area contributed by atoms with Crippen LogP contribution < -0.4 is 15.5 Å². The number of benzene rings is 2. The highest BCUT2D eigenvalue weighted by Crippen LogP contribution is 2.26. The third kappa shape index (κ3) is 8.90. The number of ether oxygens (including phenoxy) is 2. The normalized spacial score (nSPS) is 11.7. The van der Waals surface area contributed by atoms with Gasteiger partial charge in [0.05, 0.1) is 6.61 Å². The van der Waals surface area contributed by atoms with E-state index in [2.05, 4.69) is 5.32 Å². The molecule has 0 fully saturated rings. The summed E-state index contributed by atoms with van der Waals surface area (Å²) in [6, 6.07) is 14.5. The van der Waals surface area contributed by atoms with Crippen LogP contribution >= 0.6 is 0 Å². The molecule has 8 nitrogen and oxygen atoms in total. The minimum atomic E-state index is -0.594. The molecular weight excluding hydrogens is 400 g/mol. The Kier molecular flexibility index (Phi) is 10.1. The Morgan fingerprint density at radius 1 is 1.10 bits per heavy atom. The highest BCUT2D eigenvalue weighted by Gasteiger charge is 2.17. The standard InChI is InChI=1S/C23H28N2O6/c1-17-7-11-19(12-8-17)24-23(28)31-21(5-3-2-4-6-22(27)25-29)18-9-13-20(14-10-18)30-16-15-26/h4,6-14,21,26,29H,2-3,5,15-16H2,1H3,(H,24,28)(H,25,27)/b6-4+/t21-/m0/s1. The van der Waals surface area contributed by atoms with Gasteiger partial charge in [-0.1, -0.05) is 35.9 Å². The van der Waals surface area contributed by atoms with Crippen LogP contribution in [-0.4, -0.2) is 35.5 Å². The number of carbonyl (C=O) groups is 2. The van der Waals surface area contributed by atoms with Gasteiger partial charge < -0.3 is 14.6 Å². The maximum atomic E-state index is 12.4. The van der Waals surface area contributed by atoms with Gasteiger partial charge in [0.2, 0.25) is 0 Å². The molecule has 0 heterocycles. The lowest BCUT2D eigenvalue weighted by molar-refractivity contribution is -0.124. The van der Waals surface area contributed by atoms with Crippen molar-refractivity contribution < 1.29 is 29.4 Å². The molecule has 0 saturated carbocycles. The van der Waals surface area contributed by atoms with Crippen molar-refractivity contribution >= 4 is 17.7 Å². The van der Waals surface area contributed by atoms with Gasteiger partial charge in [0.25, 0.3) is 5.91 Å². The third-order valence-electron chi connectivity index (χ3n) is 4.38. The lowest BCUT2D eigenvalue weighted by Gasteiger charge is -2.19. The molecular formula is C23H28N2O6. The van der Waals surface area contributed by atoms with Gasteiger partial charge in [0.1, 0.15) is 18.5 Å². The van der Waals surface area contributed by atoms with Crippen LogP contribution in [-0.2, 0) is 9.53 Å². The molecule has 166 valence electrons. The number of amides is 2. The number of nitrogens with one attached hydrogen (secondary N) is 2. The molecule has 0 bridgehead atoms. The van der Waals surface area contributed by atoms with Crippen LogP contribution in [0.4, 0.5) is 10.5 Å². The number of hydrogen-bond acceptors (Lipinski definition) is 6. The van der Waals surface area contributed by atoms with Crippen molar-refractivity contribution in [3.63, 3.8) is 0 Å². The first-order valence-electron chi connectivity index (χ1n) is 10.0. The highest BCUT2D eigenvalue weighted by atomic mass is 16.6.